The first-order chi connectivity index (χ1) is 13.8. The third-order valence-corrected chi connectivity index (χ3v) is 5.13. The minimum atomic E-state index is -0.0333. The van der Waals surface area contributed by atoms with Crippen molar-refractivity contribution in [2.24, 2.45) is 5.92 Å². The first-order valence-electron chi connectivity index (χ1n) is 9.62. The highest BCUT2D eigenvalue weighted by atomic mass is 16.1. The van der Waals surface area contributed by atoms with Gasteiger partial charge in [0, 0.05) is 44.4 Å². The third kappa shape index (κ3) is 4.36. The van der Waals surface area contributed by atoms with Gasteiger partial charge in [0.25, 0.3) is 0 Å². The van der Waals surface area contributed by atoms with Gasteiger partial charge in [-0.1, -0.05) is 24.3 Å². The van der Waals surface area contributed by atoms with Gasteiger partial charge in [0.1, 0.15) is 5.82 Å². The van der Waals surface area contributed by atoms with Crippen molar-refractivity contribution in [3.8, 4) is 0 Å². The van der Waals surface area contributed by atoms with Crippen LogP contribution in [0.25, 0.3) is 0 Å². The lowest BCUT2D eigenvalue weighted by molar-refractivity contribution is -0.125. The zero-order valence-electron chi connectivity index (χ0n) is 15.7. The molecule has 1 saturated heterocycles. The monoisotopic (exact) mass is 376 g/mol. The van der Waals surface area contributed by atoms with Crippen LogP contribution in [0, 0.1) is 5.92 Å². The molecule has 1 aliphatic rings. The summed E-state index contributed by atoms with van der Waals surface area (Å²) in [5, 5.41) is 7.40. The molecule has 3 heterocycles. The molecular weight excluding hydrogens is 352 g/mol. The van der Waals surface area contributed by atoms with Crippen molar-refractivity contribution in [2.75, 3.05) is 18.0 Å². The molecule has 7 nitrogen and oxygen atoms in total. The van der Waals surface area contributed by atoms with Crippen molar-refractivity contribution in [3.05, 3.63) is 72.4 Å². The molecule has 1 aromatic carbocycles. The fourth-order valence-corrected chi connectivity index (χ4v) is 3.63. The summed E-state index contributed by atoms with van der Waals surface area (Å²) in [6, 6.07) is 10.1. The van der Waals surface area contributed by atoms with Crippen LogP contribution in [0.5, 0.6) is 0 Å². The number of rotatable bonds is 6. The number of nitrogens with one attached hydrogen (secondary N) is 1. The number of piperidine rings is 1. The summed E-state index contributed by atoms with van der Waals surface area (Å²) in [5.41, 5.74) is 2.28. The van der Waals surface area contributed by atoms with E-state index in [1.807, 2.05) is 29.1 Å². The molecule has 7 heteroatoms. The van der Waals surface area contributed by atoms with Gasteiger partial charge in [0.15, 0.2) is 0 Å². The Labute approximate surface area is 164 Å². The molecule has 144 valence electrons. The topological polar surface area (TPSA) is 75.9 Å². The molecule has 2 aromatic heterocycles. The SMILES string of the molecule is O=C(NCc1ccccc1Cn1cccn1)[C@@H]1CCCN(c2cnccn2)C1. The van der Waals surface area contributed by atoms with E-state index in [0.29, 0.717) is 19.6 Å². The second-order valence-electron chi connectivity index (χ2n) is 7.04. The van der Waals surface area contributed by atoms with Gasteiger partial charge >= 0.3 is 0 Å². The van der Waals surface area contributed by atoms with E-state index in [0.717, 1.165) is 36.3 Å². The molecule has 4 rings (SSSR count). The van der Waals surface area contributed by atoms with Gasteiger partial charge in [-0.25, -0.2) is 4.98 Å². The van der Waals surface area contributed by atoms with Crippen molar-refractivity contribution in [1.29, 1.82) is 0 Å². The summed E-state index contributed by atoms with van der Waals surface area (Å²) in [6.45, 7) is 2.81. The Balaban J connectivity index is 1.37. The van der Waals surface area contributed by atoms with Crippen LogP contribution in [0.3, 0.4) is 0 Å². The molecule has 0 spiro atoms. The van der Waals surface area contributed by atoms with Crippen molar-refractivity contribution in [2.45, 2.75) is 25.9 Å². The summed E-state index contributed by atoms with van der Waals surface area (Å²) in [7, 11) is 0. The van der Waals surface area contributed by atoms with Crippen LogP contribution in [-0.4, -0.2) is 38.7 Å². The number of carbonyl (C=O) groups excluding carboxylic acids is 1. The largest absolute Gasteiger partial charge is 0.355 e. The fraction of sp³-hybridized carbons (Fsp3) is 0.333. The normalized spacial score (nSPS) is 16.7. The second kappa shape index (κ2) is 8.65. The Morgan fingerprint density at radius 2 is 2.04 bits per heavy atom. The van der Waals surface area contributed by atoms with Crippen LogP contribution >= 0.6 is 0 Å². The molecule has 28 heavy (non-hydrogen) atoms. The van der Waals surface area contributed by atoms with Crippen LogP contribution in [-0.2, 0) is 17.9 Å². The number of aromatic nitrogens is 4. The molecule has 1 N–H and O–H groups in total. The van der Waals surface area contributed by atoms with E-state index >= 15 is 0 Å². The molecule has 3 aromatic rings. The first-order valence-corrected chi connectivity index (χ1v) is 9.62. The average Bonchev–Trinajstić information content (AvgIpc) is 3.27. The summed E-state index contributed by atoms with van der Waals surface area (Å²) in [5.74, 6) is 0.904. The average molecular weight is 376 g/mol. The number of hydrogen-bond donors (Lipinski definition) is 1. The predicted octanol–water partition coefficient (Wildman–Crippen LogP) is 2.25. The first kappa shape index (κ1) is 18.2. The molecule has 0 saturated carbocycles. The molecule has 1 atom stereocenters. The van der Waals surface area contributed by atoms with Crippen molar-refractivity contribution >= 4 is 11.7 Å². The number of benzene rings is 1. The summed E-state index contributed by atoms with van der Waals surface area (Å²) in [4.78, 5) is 23.4. The second-order valence-corrected chi connectivity index (χ2v) is 7.04. The lowest BCUT2D eigenvalue weighted by Gasteiger charge is -2.32. The molecule has 1 aliphatic heterocycles. The Kier molecular flexibility index (Phi) is 5.61. The molecule has 0 aliphatic carbocycles. The van der Waals surface area contributed by atoms with Crippen molar-refractivity contribution < 1.29 is 4.79 Å². The van der Waals surface area contributed by atoms with Crippen LogP contribution in [0.1, 0.15) is 24.0 Å². The molecule has 0 unspecified atom stereocenters. The van der Waals surface area contributed by atoms with Gasteiger partial charge in [-0.3, -0.25) is 14.5 Å². The highest BCUT2D eigenvalue weighted by Gasteiger charge is 2.26. The van der Waals surface area contributed by atoms with E-state index < -0.39 is 0 Å². The highest BCUT2D eigenvalue weighted by molar-refractivity contribution is 5.79. The van der Waals surface area contributed by atoms with Crippen LogP contribution < -0.4 is 10.2 Å². The minimum absolute atomic E-state index is 0.0333. The number of hydrogen-bond acceptors (Lipinski definition) is 5. The molecule has 0 bridgehead atoms. The Hall–Kier alpha value is -3.22. The lowest BCUT2D eigenvalue weighted by atomic mass is 9.97. The summed E-state index contributed by atoms with van der Waals surface area (Å²) in [6.07, 6.45) is 10.7. The Bertz CT molecular complexity index is 896. The number of anilines is 1. The van der Waals surface area contributed by atoms with E-state index in [9.17, 15) is 4.79 Å². The number of carbonyl (C=O) groups is 1. The lowest BCUT2D eigenvalue weighted by Crippen LogP contribution is -2.43. The summed E-state index contributed by atoms with van der Waals surface area (Å²) < 4.78 is 1.89. The van der Waals surface area contributed by atoms with Gasteiger partial charge in [-0.2, -0.15) is 5.10 Å². The third-order valence-electron chi connectivity index (χ3n) is 5.13. The van der Waals surface area contributed by atoms with Crippen molar-refractivity contribution in [3.63, 3.8) is 0 Å². The number of nitrogens with zero attached hydrogens (tertiary/aromatic N) is 5. The van der Waals surface area contributed by atoms with Crippen LogP contribution in [0.15, 0.2) is 61.3 Å². The Morgan fingerprint density at radius 1 is 1.14 bits per heavy atom. The van der Waals surface area contributed by atoms with Gasteiger partial charge in [-0.15, -0.1) is 0 Å². The molecular formula is C21H24N6O. The smallest absolute Gasteiger partial charge is 0.225 e. The van der Waals surface area contributed by atoms with E-state index in [2.05, 4.69) is 37.4 Å². The maximum atomic E-state index is 12.8. The standard InChI is InChI=1S/C21H24N6O/c28-21(19-7-3-11-26(15-19)20-14-22-9-10-23-20)24-13-17-5-1-2-6-18(17)16-27-12-4-8-25-27/h1-2,4-6,8-10,12,14,19H,3,7,11,13,15-16H2,(H,24,28)/t19-/m1/s1. The summed E-state index contributed by atoms with van der Waals surface area (Å²) >= 11 is 0. The van der Waals surface area contributed by atoms with E-state index in [4.69, 9.17) is 0 Å². The van der Waals surface area contributed by atoms with Crippen LogP contribution in [0.2, 0.25) is 0 Å². The van der Waals surface area contributed by atoms with E-state index in [1.165, 1.54) is 0 Å². The van der Waals surface area contributed by atoms with E-state index in [1.54, 1.807) is 24.8 Å². The van der Waals surface area contributed by atoms with Gasteiger partial charge in [0.2, 0.25) is 5.91 Å². The Morgan fingerprint density at radius 3 is 2.82 bits per heavy atom. The zero-order chi connectivity index (χ0) is 19.2. The van der Waals surface area contributed by atoms with Crippen LogP contribution in [0.4, 0.5) is 5.82 Å². The van der Waals surface area contributed by atoms with Gasteiger partial charge < -0.3 is 10.2 Å². The van der Waals surface area contributed by atoms with E-state index in [-0.39, 0.29) is 11.8 Å². The molecule has 1 amide bonds. The maximum Gasteiger partial charge on any atom is 0.225 e. The predicted molar refractivity (Wildman–Crippen MR) is 107 cm³/mol. The highest BCUT2D eigenvalue weighted by Crippen LogP contribution is 2.21. The molecule has 0 radical (unpaired) electrons. The quantitative estimate of drug-likeness (QED) is 0.714. The number of amides is 1. The minimum Gasteiger partial charge on any atom is -0.355 e. The fourth-order valence-electron chi connectivity index (χ4n) is 3.63. The molecule has 1 fully saturated rings. The van der Waals surface area contributed by atoms with Crippen molar-refractivity contribution in [1.82, 2.24) is 25.1 Å². The zero-order valence-corrected chi connectivity index (χ0v) is 15.7. The van der Waals surface area contributed by atoms with Gasteiger partial charge in [0.05, 0.1) is 18.7 Å². The maximum absolute atomic E-state index is 12.8. The van der Waals surface area contributed by atoms with Gasteiger partial charge in [-0.05, 0) is 30.0 Å².